The Hall–Kier alpha value is -2.02. The van der Waals surface area contributed by atoms with E-state index in [9.17, 15) is 4.79 Å². The van der Waals surface area contributed by atoms with E-state index in [4.69, 9.17) is 27.9 Å². The monoisotopic (exact) mass is 381 g/mol. The van der Waals surface area contributed by atoms with Gasteiger partial charge >= 0.3 is 6.03 Å². The van der Waals surface area contributed by atoms with Crippen LogP contribution in [0.15, 0.2) is 30.3 Å². The second-order valence-electron chi connectivity index (χ2n) is 4.98. The van der Waals surface area contributed by atoms with Crippen LogP contribution in [-0.4, -0.2) is 18.1 Å². The van der Waals surface area contributed by atoms with Crippen LogP contribution in [0, 0.1) is 6.92 Å². The number of nitrogens with one attached hydrogen (secondary N) is 2. The number of carbonyl (C=O) groups is 1. The molecule has 0 saturated carbocycles. The summed E-state index contributed by atoms with van der Waals surface area (Å²) in [7, 11) is 1.52. The molecule has 0 atom stereocenters. The molecular formula is C16H13Cl2N3O2S. The van der Waals surface area contributed by atoms with Crippen LogP contribution in [0.3, 0.4) is 0 Å². The van der Waals surface area contributed by atoms with Crippen LogP contribution in [0.5, 0.6) is 5.75 Å². The van der Waals surface area contributed by atoms with Crippen LogP contribution in [0.1, 0.15) is 5.56 Å². The second kappa shape index (κ2) is 6.84. The smallest absolute Gasteiger partial charge is 0.325 e. The molecule has 1 aromatic heterocycles. The Kier molecular flexibility index (Phi) is 4.80. The van der Waals surface area contributed by atoms with Crippen molar-refractivity contribution in [3.8, 4) is 5.75 Å². The van der Waals surface area contributed by atoms with Gasteiger partial charge in [0, 0.05) is 5.02 Å². The van der Waals surface area contributed by atoms with Crippen molar-refractivity contribution in [1.82, 2.24) is 4.98 Å². The van der Waals surface area contributed by atoms with Gasteiger partial charge in [-0.3, -0.25) is 5.32 Å². The van der Waals surface area contributed by atoms with Crippen LogP contribution in [-0.2, 0) is 0 Å². The Bertz CT molecular complexity index is 888. The maximum Gasteiger partial charge on any atom is 0.325 e. The molecule has 124 valence electrons. The lowest BCUT2D eigenvalue weighted by Gasteiger charge is -2.10. The number of aromatic nitrogens is 1. The van der Waals surface area contributed by atoms with Gasteiger partial charge in [-0.1, -0.05) is 40.6 Å². The summed E-state index contributed by atoms with van der Waals surface area (Å²) >= 11 is 13.4. The van der Waals surface area contributed by atoms with Gasteiger partial charge in [0.2, 0.25) is 0 Å². The number of rotatable bonds is 3. The number of hydrogen-bond acceptors (Lipinski definition) is 4. The maximum atomic E-state index is 12.2. The zero-order chi connectivity index (χ0) is 17.3. The van der Waals surface area contributed by atoms with Crippen molar-refractivity contribution in [1.29, 1.82) is 0 Å². The molecule has 0 aliphatic heterocycles. The minimum Gasteiger partial charge on any atom is -0.495 e. The molecular weight excluding hydrogens is 369 g/mol. The Labute approximate surface area is 152 Å². The highest BCUT2D eigenvalue weighted by atomic mass is 35.5. The number of benzene rings is 2. The van der Waals surface area contributed by atoms with Crippen molar-refractivity contribution < 1.29 is 9.53 Å². The van der Waals surface area contributed by atoms with Crippen molar-refractivity contribution >= 4 is 61.6 Å². The topological polar surface area (TPSA) is 63.2 Å². The number of anilines is 2. The number of methoxy groups -OCH3 is 1. The third-order valence-corrected chi connectivity index (χ3v) is 4.99. The van der Waals surface area contributed by atoms with Crippen molar-refractivity contribution in [2.24, 2.45) is 0 Å². The van der Waals surface area contributed by atoms with E-state index in [1.807, 2.05) is 19.1 Å². The van der Waals surface area contributed by atoms with Gasteiger partial charge in [-0.05, 0) is 36.8 Å². The van der Waals surface area contributed by atoms with E-state index in [-0.39, 0.29) is 0 Å². The van der Waals surface area contributed by atoms with Crippen LogP contribution in [0.2, 0.25) is 10.0 Å². The van der Waals surface area contributed by atoms with Gasteiger partial charge in [0.1, 0.15) is 5.75 Å². The molecule has 3 rings (SSSR count). The molecule has 0 spiro atoms. The second-order valence-corrected chi connectivity index (χ2v) is 6.83. The molecule has 3 aromatic rings. The lowest BCUT2D eigenvalue weighted by Crippen LogP contribution is -2.19. The standard InChI is InChI=1S/C16H13Cl2N3O2S/c1-8-3-5-10(18)14-13(8)20-16(24-14)21-15(22)19-11-7-9(17)4-6-12(11)23-2/h3-7H,1-2H3,(H2,19,20,21,22). The molecule has 0 saturated heterocycles. The molecule has 2 aromatic carbocycles. The number of urea groups is 1. The van der Waals surface area contributed by atoms with Crippen LogP contribution in [0.4, 0.5) is 15.6 Å². The third-order valence-electron chi connectivity index (χ3n) is 3.33. The number of halogens is 2. The number of carbonyl (C=O) groups excluding carboxylic acids is 1. The number of hydrogen-bond donors (Lipinski definition) is 2. The largest absolute Gasteiger partial charge is 0.495 e. The number of aryl methyl sites for hydroxylation is 1. The Morgan fingerprint density at radius 1 is 1.21 bits per heavy atom. The van der Waals surface area contributed by atoms with Crippen LogP contribution in [0.25, 0.3) is 10.2 Å². The molecule has 0 fully saturated rings. The predicted octanol–water partition coefficient (Wildman–Crippen LogP) is 5.56. The van der Waals surface area contributed by atoms with Crippen molar-refractivity contribution in [2.75, 3.05) is 17.7 Å². The molecule has 0 aliphatic rings. The van der Waals surface area contributed by atoms with E-state index < -0.39 is 6.03 Å². The SMILES string of the molecule is COc1ccc(Cl)cc1NC(=O)Nc1nc2c(C)ccc(Cl)c2s1. The molecule has 0 unspecified atom stereocenters. The van der Waals surface area contributed by atoms with Crippen molar-refractivity contribution in [2.45, 2.75) is 6.92 Å². The molecule has 24 heavy (non-hydrogen) atoms. The minimum atomic E-state index is -0.441. The molecule has 1 heterocycles. The van der Waals surface area contributed by atoms with Crippen molar-refractivity contribution in [3.05, 3.63) is 45.9 Å². The van der Waals surface area contributed by atoms with E-state index in [1.54, 1.807) is 18.2 Å². The summed E-state index contributed by atoms with van der Waals surface area (Å²) in [5.74, 6) is 0.512. The summed E-state index contributed by atoms with van der Waals surface area (Å²) < 4.78 is 6.04. The van der Waals surface area contributed by atoms with Crippen LogP contribution < -0.4 is 15.4 Å². The van der Waals surface area contributed by atoms with E-state index in [2.05, 4.69) is 15.6 Å². The highest BCUT2D eigenvalue weighted by Crippen LogP contribution is 2.34. The minimum absolute atomic E-state index is 0.441. The van der Waals surface area contributed by atoms with Crippen LogP contribution >= 0.6 is 34.5 Å². The zero-order valence-corrected chi connectivity index (χ0v) is 15.1. The molecule has 8 heteroatoms. The van der Waals surface area contributed by atoms with E-state index in [0.717, 1.165) is 15.8 Å². The maximum absolute atomic E-state index is 12.2. The van der Waals surface area contributed by atoms with E-state index in [1.165, 1.54) is 18.4 Å². The molecule has 5 nitrogen and oxygen atoms in total. The molecule has 2 amide bonds. The molecule has 0 aliphatic carbocycles. The van der Waals surface area contributed by atoms with Gasteiger partial charge in [-0.25, -0.2) is 9.78 Å². The first kappa shape index (κ1) is 16.8. The summed E-state index contributed by atoms with van der Waals surface area (Å²) in [6, 6.07) is 8.24. The first-order valence-corrected chi connectivity index (χ1v) is 8.52. The first-order chi connectivity index (χ1) is 11.5. The number of nitrogens with zero attached hydrogens (tertiary/aromatic N) is 1. The van der Waals surface area contributed by atoms with Gasteiger partial charge in [0.15, 0.2) is 5.13 Å². The Morgan fingerprint density at radius 2 is 2.00 bits per heavy atom. The molecule has 0 radical (unpaired) electrons. The van der Waals surface area contributed by atoms with Gasteiger partial charge in [-0.15, -0.1) is 0 Å². The summed E-state index contributed by atoms with van der Waals surface area (Å²) in [6.07, 6.45) is 0. The van der Waals surface area contributed by atoms with E-state index in [0.29, 0.717) is 26.6 Å². The van der Waals surface area contributed by atoms with Gasteiger partial charge < -0.3 is 10.1 Å². The fourth-order valence-electron chi connectivity index (χ4n) is 2.18. The fraction of sp³-hybridized carbons (Fsp3) is 0.125. The quantitative estimate of drug-likeness (QED) is 0.623. The average molecular weight is 382 g/mol. The number of fused-ring (bicyclic) bond motifs is 1. The average Bonchev–Trinajstić information content (AvgIpc) is 2.96. The lowest BCUT2D eigenvalue weighted by atomic mass is 10.2. The van der Waals surface area contributed by atoms with Gasteiger partial charge in [-0.2, -0.15) is 0 Å². The van der Waals surface area contributed by atoms with Crippen molar-refractivity contribution in [3.63, 3.8) is 0 Å². The Balaban J connectivity index is 1.82. The highest BCUT2D eigenvalue weighted by Gasteiger charge is 2.13. The predicted molar refractivity (Wildman–Crippen MR) is 100 cm³/mol. The third kappa shape index (κ3) is 3.40. The van der Waals surface area contributed by atoms with Gasteiger partial charge in [0.25, 0.3) is 0 Å². The summed E-state index contributed by atoms with van der Waals surface area (Å²) in [6.45, 7) is 1.94. The summed E-state index contributed by atoms with van der Waals surface area (Å²) in [5.41, 5.74) is 2.25. The number of amides is 2. The zero-order valence-electron chi connectivity index (χ0n) is 12.8. The van der Waals surface area contributed by atoms with Gasteiger partial charge in [0.05, 0.1) is 28.0 Å². The number of ether oxygens (including phenoxy) is 1. The van der Waals surface area contributed by atoms with E-state index >= 15 is 0 Å². The highest BCUT2D eigenvalue weighted by molar-refractivity contribution is 7.23. The number of thiazole rings is 1. The molecule has 2 N–H and O–H groups in total. The summed E-state index contributed by atoms with van der Waals surface area (Å²) in [5, 5.41) is 6.97. The lowest BCUT2D eigenvalue weighted by molar-refractivity contribution is 0.262. The first-order valence-electron chi connectivity index (χ1n) is 6.95. The normalized spacial score (nSPS) is 10.7. The summed E-state index contributed by atoms with van der Waals surface area (Å²) in [4.78, 5) is 16.6. The Morgan fingerprint density at radius 3 is 2.71 bits per heavy atom. The molecule has 0 bridgehead atoms. The fourth-order valence-corrected chi connectivity index (χ4v) is 3.57.